The summed E-state index contributed by atoms with van der Waals surface area (Å²) in [5, 5.41) is 7.12. The maximum Gasteiger partial charge on any atom is 0.222 e. The molecule has 0 aliphatic heterocycles. The second kappa shape index (κ2) is 2.23. The molecule has 11 heavy (non-hydrogen) atoms. The number of rotatable bonds is 0. The first-order valence-corrected chi connectivity index (χ1v) is 3.02. The molecule has 0 aliphatic carbocycles. The smallest absolute Gasteiger partial charge is 0.222 e. The molecule has 0 fully saturated rings. The van der Waals surface area contributed by atoms with Crippen LogP contribution in [0.2, 0.25) is 0 Å². The van der Waals surface area contributed by atoms with Gasteiger partial charge < -0.3 is 0 Å². The number of hydrogen-bond donors (Lipinski definition) is 0. The van der Waals surface area contributed by atoms with Crippen LogP contribution in [-0.2, 0) is 0 Å². The van der Waals surface area contributed by atoms with Gasteiger partial charge in [-0.15, -0.1) is 10.2 Å². The number of fused-ring (bicyclic) bond motifs is 1. The van der Waals surface area contributed by atoms with Crippen molar-refractivity contribution >= 4 is 11.0 Å². The van der Waals surface area contributed by atoms with Crippen LogP contribution in [0.15, 0.2) is 18.2 Å². The van der Waals surface area contributed by atoms with Crippen molar-refractivity contribution in [2.75, 3.05) is 0 Å². The van der Waals surface area contributed by atoms with Crippen LogP contribution in [0.1, 0.15) is 0 Å². The number of aromatic nitrogens is 3. The average Bonchev–Trinajstić information content (AvgIpc) is 2.04. The minimum Gasteiger partial charge on any atom is -0.222 e. The molecular formula is C7H3FN3. The van der Waals surface area contributed by atoms with Crippen molar-refractivity contribution in [1.82, 2.24) is 15.2 Å². The van der Waals surface area contributed by atoms with Gasteiger partial charge in [0.1, 0.15) is 11.3 Å². The van der Waals surface area contributed by atoms with E-state index in [2.05, 4.69) is 21.5 Å². The van der Waals surface area contributed by atoms with E-state index in [1.165, 1.54) is 18.2 Å². The molecular weight excluding hydrogens is 145 g/mol. The maximum absolute atomic E-state index is 12.5. The van der Waals surface area contributed by atoms with Crippen molar-refractivity contribution in [3.8, 4) is 0 Å². The van der Waals surface area contributed by atoms with Gasteiger partial charge in [0, 0.05) is 6.07 Å². The molecule has 1 aromatic heterocycles. The van der Waals surface area contributed by atoms with Crippen molar-refractivity contribution in [2.45, 2.75) is 0 Å². The minimum absolute atomic E-state index is 0.327. The summed E-state index contributed by atoms with van der Waals surface area (Å²) in [4.78, 5) is 3.70. The van der Waals surface area contributed by atoms with Crippen molar-refractivity contribution in [1.29, 1.82) is 0 Å². The molecule has 1 heterocycles. The summed E-state index contributed by atoms with van der Waals surface area (Å²) >= 11 is 0. The van der Waals surface area contributed by atoms with E-state index in [9.17, 15) is 4.39 Å². The average molecular weight is 148 g/mol. The highest BCUT2D eigenvalue weighted by molar-refractivity contribution is 5.72. The summed E-state index contributed by atoms with van der Waals surface area (Å²) in [6.07, 6.45) is 2.28. The Morgan fingerprint density at radius 3 is 3.09 bits per heavy atom. The molecule has 0 bridgehead atoms. The summed E-state index contributed by atoms with van der Waals surface area (Å²) in [6, 6.07) is 4.14. The van der Waals surface area contributed by atoms with Crippen LogP contribution in [-0.4, -0.2) is 15.2 Å². The van der Waals surface area contributed by atoms with Crippen LogP contribution in [0.25, 0.3) is 11.0 Å². The van der Waals surface area contributed by atoms with Crippen molar-refractivity contribution in [3.05, 3.63) is 30.3 Å². The third-order valence-corrected chi connectivity index (χ3v) is 1.31. The molecule has 0 unspecified atom stereocenters. The first-order chi connectivity index (χ1) is 5.36. The standard InChI is InChI=1S/C7H3FN3/c8-5-1-2-6-7(3-5)9-4-10-11-6/h1-3H. The Morgan fingerprint density at radius 2 is 2.18 bits per heavy atom. The van der Waals surface area contributed by atoms with Gasteiger partial charge in [0.05, 0.1) is 5.52 Å². The van der Waals surface area contributed by atoms with Crippen molar-refractivity contribution < 1.29 is 4.39 Å². The Balaban J connectivity index is 2.83. The highest BCUT2D eigenvalue weighted by Gasteiger charge is 1.96. The van der Waals surface area contributed by atoms with E-state index in [4.69, 9.17) is 0 Å². The van der Waals surface area contributed by atoms with E-state index in [0.29, 0.717) is 11.0 Å². The van der Waals surface area contributed by atoms with E-state index in [0.717, 1.165) is 0 Å². The Bertz CT molecular complexity index is 388. The fourth-order valence-electron chi connectivity index (χ4n) is 0.823. The quantitative estimate of drug-likeness (QED) is 0.558. The molecule has 0 aliphatic rings. The fraction of sp³-hybridized carbons (Fsp3) is 0. The largest absolute Gasteiger partial charge is 0.222 e. The first-order valence-electron chi connectivity index (χ1n) is 3.02. The number of hydrogen-bond acceptors (Lipinski definition) is 3. The molecule has 0 amide bonds. The minimum atomic E-state index is -0.327. The lowest BCUT2D eigenvalue weighted by atomic mass is 10.3. The highest BCUT2D eigenvalue weighted by atomic mass is 19.1. The third-order valence-electron chi connectivity index (χ3n) is 1.31. The summed E-state index contributed by atoms with van der Waals surface area (Å²) in [6.45, 7) is 0. The van der Waals surface area contributed by atoms with E-state index in [-0.39, 0.29) is 5.82 Å². The SMILES string of the molecule is Fc1ccc2nn[c]nc2c1. The monoisotopic (exact) mass is 148 g/mol. The lowest BCUT2D eigenvalue weighted by Crippen LogP contribution is -1.87. The van der Waals surface area contributed by atoms with Gasteiger partial charge in [0.15, 0.2) is 0 Å². The zero-order chi connectivity index (χ0) is 7.68. The Hall–Kier alpha value is -1.58. The van der Waals surface area contributed by atoms with Gasteiger partial charge >= 0.3 is 0 Å². The molecule has 3 nitrogen and oxygen atoms in total. The number of benzene rings is 1. The maximum atomic E-state index is 12.5. The summed E-state index contributed by atoms with van der Waals surface area (Å²) in [7, 11) is 0. The molecule has 2 aromatic rings. The predicted octanol–water partition coefficient (Wildman–Crippen LogP) is 0.964. The normalized spacial score (nSPS) is 10.3. The van der Waals surface area contributed by atoms with Gasteiger partial charge in [-0.25, -0.2) is 9.37 Å². The van der Waals surface area contributed by atoms with Crippen LogP contribution >= 0.6 is 0 Å². The van der Waals surface area contributed by atoms with Gasteiger partial charge in [0.25, 0.3) is 0 Å². The molecule has 0 saturated heterocycles. The lowest BCUT2D eigenvalue weighted by Gasteiger charge is -1.91. The van der Waals surface area contributed by atoms with Gasteiger partial charge in [-0.3, -0.25) is 0 Å². The fourth-order valence-corrected chi connectivity index (χ4v) is 0.823. The third kappa shape index (κ3) is 1.02. The van der Waals surface area contributed by atoms with Crippen LogP contribution in [0.5, 0.6) is 0 Å². The van der Waals surface area contributed by atoms with E-state index >= 15 is 0 Å². The van der Waals surface area contributed by atoms with E-state index in [1.54, 1.807) is 0 Å². The molecule has 2 rings (SSSR count). The van der Waals surface area contributed by atoms with Gasteiger partial charge in [0.2, 0.25) is 6.33 Å². The highest BCUT2D eigenvalue weighted by Crippen LogP contribution is 2.07. The predicted molar refractivity (Wildman–Crippen MR) is 36.1 cm³/mol. The van der Waals surface area contributed by atoms with E-state index in [1.807, 2.05) is 0 Å². The Kier molecular flexibility index (Phi) is 1.25. The molecule has 1 aromatic carbocycles. The molecule has 0 spiro atoms. The second-order valence-corrected chi connectivity index (χ2v) is 2.04. The lowest BCUT2D eigenvalue weighted by molar-refractivity contribution is 0.629. The van der Waals surface area contributed by atoms with Gasteiger partial charge in [-0.05, 0) is 12.1 Å². The number of halogens is 1. The van der Waals surface area contributed by atoms with Crippen LogP contribution in [0.4, 0.5) is 4.39 Å². The molecule has 0 saturated carbocycles. The van der Waals surface area contributed by atoms with Crippen LogP contribution in [0, 0.1) is 12.1 Å². The molecule has 4 heteroatoms. The Morgan fingerprint density at radius 1 is 1.27 bits per heavy atom. The van der Waals surface area contributed by atoms with Crippen LogP contribution < -0.4 is 0 Å². The van der Waals surface area contributed by atoms with Gasteiger partial charge in [-0.1, -0.05) is 0 Å². The van der Waals surface area contributed by atoms with Gasteiger partial charge in [-0.2, -0.15) is 0 Å². The second-order valence-electron chi connectivity index (χ2n) is 2.04. The molecule has 0 N–H and O–H groups in total. The zero-order valence-electron chi connectivity index (χ0n) is 5.45. The summed E-state index contributed by atoms with van der Waals surface area (Å²) < 4.78 is 12.5. The molecule has 0 atom stereocenters. The van der Waals surface area contributed by atoms with E-state index < -0.39 is 0 Å². The molecule has 1 radical (unpaired) electrons. The van der Waals surface area contributed by atoms with Crippen molar-refractivity contribution in [3.63, 3.8) is 0 Å². The Labute approximate surface area is 61.9 Å². The summed E-state index contributed by atoms with van der Waals surface area (Å²) in [5.41, 5.74) is 1.05. The first kappa shape index (κ1) is 6.15. The topological polar surface area (TPSA) is 38.7 Å². The molecule has 53 valence electrons. The zero-order valence-corrected chi connectivity index (χ0v) is 5.45. The number of nitrogens with zero attached hydrogens (tertiary/aromatic N) is 3. The summed E-state index contributed by atoms with van der Waals surface area (Å²) in [5.74, 6) is -0.327. The van der Waals surface area contributed by atoms with Crippen LogP contribution in [0.3, 0.4) is 0 Å². The van der Waals surface area contributed by atoms with Crippen molar-refractivity contribution in [2.24, 2.45) is 0 Å².